The molecule has 4 fully saturated rings. The molecule has 0 bridgehead atoms. The molecule has 1 aromatic heterocycles. The molecule has 0 aliphatic carbocycles. The van der Waals surface area contributed by atoms with Crippen molar-refractivity contribution >= 4 is 23.3 Å². The molecule has 0 saturated carbocycles. The van der Waals surface area contributed by atoms with E-state index in [1.165, 1.54) is 12.1 Å². The number of benzene rings is 1. The van der Waals surface area contributed by atoms with E-state index in [0.717, 1.165) is 5.69 Å². The van der Waals surface area contributed by atoms with Crippen molar-refractivity contribution in [1.82, 2.24) is 15.0 Å². The van der Waals surface area contributed by atoms with E-state index in [0.29, 0.717) is 38.1 Å². The molecule has 43 heavy (non-hydrogen) atoms. The minimum Gasteiger partial charge on any atom is -0.460 e. The molecule has 0 unspecified atom stereocenters. The molecule has 4 saturated heterocycles. The largest absolute Gasteiger partial charge is 0.460 e. The van der Waals surface area contributed by atoms with Crippen molar-refractivity contribution in [2.75, 3.05) is 47.9 Å². The van der Waals surface area contributed by atoms with Crippen LogP contribution in [0.5, 0.6) is 6.01 Å². The molecular formula is C28H39N7O8. The monoisotopic (exact) mass is 601 g/mol. The third kappa shape index (κ3) is 6.45. The van der Waals surface area contributed by atoms with Gasteiger partial charge in [-0.3, -0.25) is 10.1 Å². The summed E-state index contributed by atoms with van der Waals surface area (Å²) < 4.78 is 36.9. The van der Waals surface area contributed by atoms with E-state index < -0.39 is 41.1 Å². The van der Waals surface area contributed by atoms with Crippen molar-refractivity contribution in [3.63, 3.8) is 0 Å². The van der Waals surface area contributed by atoms with Crippen LogP contribution in [0.15, 0.2) is 24.3 Å². The standard InChI is InChI=1S/C28H39N7O8/c1-16(2)29-24-30-25(34-13-11-33(12-14-34)17-7-9-18(10-8-17)35(36)37)32-26(31-24)38-15-19-20-21(41-27(3,4)40-20)22-23(39-19)43-28(5,6)42-22/h7-10,16,19-23H,11-15H2,1-6H3,(H,29,30,31,32)/t19-,20+,21+,22-,23-/m1/s1. The summed E-state index contributed by atoms with van der Waals surface area (Å²) in [7, 11) is 0. The number of aromatic nitrogens is 3. The summed E-state index contributed by atoms with van der Waals surface area (Å²) in [5.41, 5.74) is 1.00. The lowest BCUT2D eigenvalue weighted by Crippen LogP contribution is -2.56. The fraction of sp³-hybridized carbons (Fsp3) is 0.679. The van der Waals surface area contributed by atoms with Crippen molar-refractivity contribution in [1.29, 1.82) is 0 Å². The van der Waals surface area contributed by atoms with Crippen LogP contribution in [-0.4, -0.2) is 101 Å². The predicted octanol–water partition coefficient (Wildman–Crippen LogP) is 2.70. The quantitative estimate of drug-likeness (QED) is 0.348. The average Bonchev–Trinajstić information content (AvgIpc) is 3.45. The summed E-state index contributed by atoms with van der Waals surface area (Å²) in [6, 6.07) is 6.85. The number of ether oxygens (including phenoxy) is 6. The Bertz CT molecular complexity index is 1320. The topological polar surface area (TPSA) is 156 Å². The number of fused-ring (bicyclic) bond motifs is 3. The third-order valence-electron chi connectivity index (χ3n) is 7.64. The van der Waals surface area contributed by atoms with Gasteiger partial charge in [0.2, 0.25) is 11.9 Å². The van der Waals surface area contributed by atoms with E-state index in [1.54, 1.807) is 12.1 Å². The molecule has 15 heteroatoms. The molecule has 5 heterocycles. The van der Waals surface area contributed by atoms with Gasteiger partial charge in [0, 0.05) is 50.0 Å². The Balaban J connectivity index is 1.15. The summed E-state index contributed by atoms with van der Waals surface area (Å²) >= 11 is 0. The molecule has 0 radical (unpaired) electrons. The lowest BCUT2D eigenvalue weighted by molar-refractivity contribution is -0.384. The first-order valence-corrected chi connectivity index (χ1v) is 14.6. The van der Waals surface area contributed by atoms with Crippen LogP contribution in [0.1, 0.15) is 41.5 Å². The number of nitrogens with one attached hydrogen (secondary N) is 1. The highest BCUT2D eigenvalue weighted by atomic mass is 16.9. The minimum absolute atomic E-state index is 0.0721. The van der Waals surface area contributed by atoms with Crippen LogP contribution in [0.3, 0.4) is 0 Å². The molecule has 0 amide bonds. The second kappa shape index (κ2) is 11.3. The Labute approximate surface area is 249 Å². The predicted molar refractivity (Wildman–Crippen MR) is 154 cm³/mol. The maximum atomic E-state index is 11.0. The zero-order valence-electron chi connectivity index (χ0n) is 25.3. The Morgan fingerprint density at radius 2 is 1.56 bits per heavy atom. The average molecular weight is 602 g/mol. The zero-order valence-corrected chi connectivity index (χ0v) is 25.3. The number of piperazine rings is 1. The van der Waals surface area contributed by atoms with Gasteiger partial charge in [0.15, 0.2) is 17.9 Å². The van der Waals surface area contributed by atoms with Crippen LogP contribution < -0.4 is 19.9 Å². The van der Waals surface area contributed by atoms with Crippen LogP contribution >= 0.6 is 0 Å². The smallest absolute Gasteiger partial charge is 0.323 e. The van der Waals surface area contributed by atoms with E-state index in [2.05, 4.69) is 30.1 Å². The van der Waals surface area contributed by atoms with E-state index in [9.17, 15) is 10.1 Å². The number of anilines is 3. The second-order valence-electron chi connectivity index (χ2n) is 12.3. The first kappa shape index (κ1) is 29.7. The van der Waals surface area contributed by atoms with Gasteiger partial charge in [-0.1, -0.05) is 0 Å². The summed E-state index contributed by atoms with van der Waals surface area (Å²) in [6.45, 7) is 14.2. The Morgan fingerprint density at radius 3 is 2.23 bits per heavy atom. The Morgan fingerprint density at radius 1 is 0.930 bits per heavy atom. The Kier molecular flexibility index (Phi) is 7.79. The van der Waals surface area contributed by atoms with E-state index in [1.807, 2.05) is 41.5 Å². The number of hydrogen-bond donors (Lipinski definition) is 1. The van der Waals surface area contributed by atoms with E-state index in [-0.39, 0.29) is 30.5 Å². The maximum absolute atomic E-state index is 11.0. The number of hydrogen-bond acceptors (Lipinski definition) is 14. The zero-order chi connectivity index (χ0) is 30.5. The van der Waals surface area contributed by atoms with Crippen LogP contribution in [0, 0.1) is 10.1 Å². The maximum Gasteiger partial charge on any atom is 0.323 e. The normalized spacial score (nSPS) is 29.3. The molecule has 6 rings (SSSR count). The number of non-ortho nitro benzene ring substituents is 1. The van der Waals surface area contributed by atoms with Crippen LogP contribution in [0.25, 0.3) is 0 Å². The molecule has 1 N–H and O–H groups in total. The molecular weight excluding hydrogens is 562 g/mol. The number of nitrogens with zero attached hydrogens (tertiary/aromatic N) is 6. The van der Waals surface area contributed by atoms with E-state index in [4.69, 9.17) is 28.4 Å². The highest BCUT2D eigenvalue weighted by molar-refractivity contribution is 5.52. The van der Waals surface area contributed by atoms with Gasteiger partial charge >= 0.3 is 6.01 Å². The Hall–Kier alpha value is -3.37. The highest BCUT2D eigenvalue weighted by Crippen LogP contribution is 2.44. The van der Waals surface area contributed by atoms with Gasteiger partial charge in [0.25, 0.3) is 5.69 Å². The lowest BCUT2D eigenvalue weighted by Gasteiger charge is -2.37. The minimum atomic E-state index is -0.812. The van der Waals surface area contributed by atoms with Gasteiger partial charge in [0.05, 0.1) is 4.92 Å². The number of nitro benzene ring substituents is 1. The van der Waals surface area contributed by atoms with Crippen molar-refractivity contribution < 1.29 is 33.3 Å². The molecule has 234 valence electrons. The summed E-state index contributed by atoms with van der Waals surface area (Å²) in [6.07, 6.45) is -2.38. The molecule has 15 nitrogen and oxygen atoms in total. The fourth-order valence-electron chi connectivity index (χ4n) is 5.81. The molecule has 1 aromatic carbocycles. The van der Waals surface area contributed by atoms with Gasteiger partial charge in [0.1, 0.15) is 31.0 Å². The van der Waals surface area contributed by atoms with Gasteiger partial charge < -0.3 is 43.5 Å². The number of nitro groups is 1. The van der Waals surface area contributed by atoms with Gasteiger partial charge in [-0.25, -0.2) is 0 Å². The van der Waals surface area contributed by atoms with Crippen LogP contribution in [-0.2, 0) is 23.7 Å². The summed E-state index contributed by atoms with van der Waals surface area (Å²) in [5, 5.41) is 14.3. The van der Waals surface area contributed by atoms with Gasteiger partial charge in [-0.15, -0.1) is 0 Å². The summed E-state index contributed by atoms with van der Waals surface area (Å²) in [5.74, 6) is -0.719. The van der Waals surface area contributed by atoms with Crippen molar-refractivity contribution in [2.24, 2.45) is 0 Å². The fourth-order valence-corrected chi connectivity index (χ4v) is 5.81. The molecule has 5 atom stereocenters. The SMILES string of the molecule is CC(C)Nc1nc(OC[C@H]2O[C@@H]3OC(C)(C)O[C@@H]3[C@H]3OC(C)(C)O[C@H]32)nc(N2CCN(c3ccc([N+](=O)[O-])cc3)CC2)n1. The van der Waals surface area contributed by atoms with Crippen molar-refractivity contribution in [2.45, 2.75) is 89.9 Å². The third-order valence-corrected chi connectivity index (χ3v) is 7.64. The number of rotatable bonds is 8. The molecule has 4 aliphatic rings. The van der Waals surface area contributed by atoms with Crippen LogP contribution in [0.4, 0.5) is 23.3 Å². The summed E-state index contributed by atoms with van der Waals surface area (Å²) in [4.78, 5) is 28.7. The first-order valence-electron chi connectivity index (χ1n) is 14.6. The van der Waals surface area contributed by atoms with E-state index >= 15 is 0 Å². The van der Waals surface area contributed by atoms with Crippen molar-refractivity contribution in [3.8, 4) is 6.01 Å². The molecule has 4 aliphatic heterocycles. The van der Waals surface area contributed by atoms with Crippen molar-refractivity contribution in [3.05, 3.63) is 34.4 Å². The first-order chi connectivity index (χ1) is 20.4. The second-order valence-corrected chi connectivity index (χ2v) is 12.3. The highest BCUT2D eigenvalue weighted by Gasteiger charge is 2.60. The van der Waals surface area contributed by atoms with Gasteiger partial charge in [-0.2, -0.15) is 15.0 Å². The molecule has 0 spiro atoms. The molecule has 2 aromatic rings. The van der Waals surface area contributed by atoms with Crippen LogP contribution in [0.2, 0.25) is 0 Å². The lowest BCUT2D eigenvalue weighted by atomic mass is 9.99. The van der Waals surface area contributed by atoms with Gasteiger partial charge in [-0.05, 0) is 53.7 Å².